The number of hydrogen-bond acceptors (Lipinski definition) is 2. The summed E-state index contributed by atoms with van der Waals surface area (Å²) < 4.78 is 0. The smallest absolute Gasteiger partial charge is 0.223 e. The molecule has 0 unspecified atom stereocenters. The third-order valence-corrected chi connectivity index (χ3v) is 3.57. The van der Waals surface area contributed by atoms with Crippen molar-refractivity contribution in [2.45, 2.75) is 57.0 Å². The fourth-order valence-corrected chi connectivity index (χ4v) is 2.30. The quantitative estimate of drug-likeness (QED) is 0.697. The monoisotopic (exact) mass is 211 g/mol. The van der Waals surface area contributed by atoms with E-state index in [2.05, 4.69) is 5.32 Å². The van der Waals surface area contributed by atoms with Gasteiger partial charge in [-0.3, -0.25) is 4.79 Å². The Morgan fingerprint density at radius 3 is 2.33 bits per heavy atom. The third kappa shape index (κ3) is 3.20. The Kier molecular flexibility index (Phi) is 3.29. The van der Waals surface area contributed by atoms with Crippen LogP contribution < -0.4 is 5.32 Å². The van der Waals surface area contributed by atoms with Crippen molar-refractivity contribution in [1.29, 1.82) is 0 Å². The highest BCUT2D eigenvalue weighted by Crippen LogP contribution is 2.30. The van der Waals surface area contributed by atoms with E-state index >= 15 is 0 Å². The van der Waals surface area contributed by atoms with Crippen molar-refractivity contribution in [2.24, 2.45) is 5.92 Å². The van der Waals surface area contributed by atoms with E-state index in [-0.39, 0.29) is 11.8 Å². The maximum Gasteiger partial charge on any atom is 0.223 e. The summed E-state index contributed by atoms with van der Waals surface area (Å²) in [6.07, 6.45) is 8.38. The summed E-state index contributed by atoms with van der Waals surface area (Å²) >= 11 is 0. The topological polar surface area (TPSA) is 49.3 Å². The highest BCUT2D eigenvalue weighted by Gasteiger charge is 2.33. The molecule has 2 N–H and O–H groups in total. The molecule has 0 spiro atoms. The SMILES string of the molecule is O=C(NCC1(O)CCCCCC1)C1CC1. The molecule has 2 rings (SSSR count). The van der Waals surface area contributed by atoms with Crippen LogP contribution in [0.25, 0.3) is 0 Å². The number of rotatable bonds is 3. The summed E-state index contributed by atoms with van der Waals surface area (Å²) in [4.78, 5) is 11.5. The molecule has 0 heterocycles. The second kappa shape index (κ2) is 4.52. The van der Waals surface area contributed by atoms with Crippen molar-refractivity contribution in [3.63, 3.8) is 0 Å². The molecule has 2 fully saturated rings. The number of carbonyl (C=O) groups is 1. The molecule has 86 valence electrons. The van der Waals surface area contributed by atoms with Crippen LogP contribution in [-0.4, -0.2) is 23.2 Å². The second-order valence-corrected chi connectivity index (χ2v) is 5.13. The van der Waals surface area contributed by atoms with Crippen LogP contribution in [0.3, 0.4) is 0 Å². The van der Waals surface area contributed by atoms with Crippen LogP contribution in [0.1, 0.15) is 51.4 Å². The number of hydrogen-bond donors (Lipinski definition) is 2. The minimum Gasteiger partial charge on any atom is -0.388 e. The van der Waals surface area contributed by atoms with Gasteiger partial charge in [0.05, 0.1) is 5.60 Å². The molecular weight excluding hydrogens is 190 g/mol. The van der Waals surface area contributed by atoms with Gasteiger partial charge in [-0.05, 0) is 25.7 Å². The minimum atomic E-state index is -0.624. The zero-order valence-electron chi connectivity index (χ0n) is 9.30. The Bertz CT molecular complexity index is 228. The van der Waals surface area contributed by atoms with Crippen molar-refractivity contribution in [3.8, 4) is 0 Å². The highest BCUT2D eigenvalue weighted by molar-refractivity contribution is 5.80. The average Bonchev–Trinajstić information content (AvgIpc) is 3.01. The molecule has 3 nitrogen and oxygen atoms in total. The van der Waals surface area contributed by atoms with Gasteiger partial charge < -0.3 is 10.4 Å². The van der Waals surface area contributed by atoms with Crippen LogP contribution in [-0.2, 0) is 4.79 Å². The normalized spacial score (nSPS) is 25.7. The summed E-state index contributed by atoms with van der Waals surface area (Å²) in [7, 11) is 0. The maximum absolute atomic E-state index is 11.5. The molecule has 0 aromatic heterocycles. The van der Waals surface area contributed by atoms with E-state index in [0.717, 1.165) is 38.5 Å². The van der Waals surface area contributed by atoms with E-state index in [1.54, 1.807) is 0 Å². The molecular formula is C12H21NO2. The van der Waals surface area contributed by atoms with Gasteiger partial charge in [-0.25, -0.2) is 0 Å². The zero-order chi connectivity index (χ0) is 10.7. The van der Waals surface area contributed by atoms with Crippen molar-refractivity contribution in [2.75, 3.05) is 6.54 Å². The molecule has 1 amide bonds. The van der Waals surface area contributed by atoms with Crippen LogP contribution in [0.15, 0.2) is 0 Å². The van der Waals surface area contributed by atoms with Crippen molar-refractivity contribution >= 4 is 5.91 Å². The standard InChI is InChI=1S/C12H21NO2/c14-11(10-5-6-10)13-9-12(15)7-3-1-2-4-8-12/h10,15H,1-9H2,(H,13,14). The predicted octanol–water partition coefficient (Wildman–Crippen LogP) is 1.60. The summed E-state index contributed by atoms with van der Waals surface area (Å²) in [5, 5.41) is 13.2. The van der Waals surface area contributed by atoms with Gasteiger partial charge >= 0.3 is 0 Å². The molecule has 2 saturated carbocycles. The molecule has 0 aromatic rings. The molecule has 2 aliphatic carbocycles. The van der Waals surface area contributed by atoms with Gasteiger partial charge in [0, 0.05) is 12.5 Å². The molecule has 15 heavy (non-hydrogen) atoms. The number of nitrogens with one attached hydrogen (secondary N) is 1. The fraction of sp³-hybridized carbons (Fsp3) is 0.917. The lowest BCUT2D eigenvalue weighted by molar-refractivity contribution is -0.123. The van der Waals surface area contributed by atoms with Crippen LogP contribution >= 0.6 is 0 Å². The lowest BCUT2D eigenvalue weighted by atomic mass is 9.94. The summed E-state index contributed by atoms with van der Waals surface area (Å²) in [5.74, 6) is 0.395. The van der Waals surface area contributed by atoms with Crippen molar-refractivity contribution < 1.29 is 9.90 Å². The Morgan fingerprint density at radius 2 is 1.80 bits per heavy atom. The molecule has 0 bridgehead atoms. The first-order chi connectivity index (χ1) is 7.20. The lowest BCUT2D eigenvalue weighted by Gasteiger charge is -2.26. The van der Waals surface area contributed by atoms with E-state index in [9.17, 15) is 9.90 Å². The molecule has 0 atom stereocenters. The van der Waals surface area contributed by atoms with Gasteiger partial charge in [0.25, 0.3) is 0 Å². The van der Waals surface area contributed by atoms with Gasteiger partial charge in [0.15, 0.2) is 0 Å². The summed E-state index contributed by atoms with van der Waals surface area (Å²) in [5.41, 5.74) is -0.624. The van der Waals surface area contributed by atoms with E-state index in [0.29, 0.717) is 6.54 Å². The first-order valence-electron chi connectivity index (χ1n) is 6.20. The van der Waals surface area contributed by atoms with Crippen LogP contribution in [0.4, 0.5) is 0 Å². The van der Waals surface area contributed by atoms with E-state index in [1.807, 2.05) is 0 Å². The fourth-order valence-electron chi connectivity index (χ4n) is 2.30. The molecule has 0 aliphatic heterocycles. The molecule has 0 radical (unpaired) electrons. The minimum absolute atomic E-state index is 0.146. The van der Waals surface area contributed by atoms with Gasteiger partial charge in [-0.1, -0.05) is 25.7 Å². The summed E-state index contributed by atoms with van der Waals surface area (Å²) in [6.45, 7) is 0.461. The van der Waals surface area contributed by atoms with Gasteiger partial charge in [-0.15, -0.1) is 0 Å². The Labute approximate surface area is 91.2 Å². The summed E-state index contributed by atoms with van der Waals surface area (Å²) in [6, 6.07) is 0. The zero-order valence-corrected chi connectivity index (χ0v) is 9.30. The van der Waals surface area contributed by atoms with Crippen LogP contribution in [0.2, 0.25) is 0 Å². The Hall–Kier alpha value is -0.570. The first-order valence-corrected chi connectivity index (χ1v) is 6.20. The number of amides is 1. The average molecular weight is 211 g/mol. The highest BCUT2D eigenvalue weighted by atomic mass is 16.3. The van der Waals surface area contributed by atoms with E-state index in [4.69, 9.17) is 0 Å². The lowest BCUT2D eigenvalue weighted by Crippen LogP contribution is -2.43. The second-order valence-electron chi connectivity index (χ2n) is 5.13. The van der Waals surface area contributed by atoms with Crippen molar-refractivity contribution in [1.82, 2.24) is 5.32 Å². The number of aliphatic hydroxyl groups is 1. The first kappa shape index (κ1) is 10.9. The van der Waals surface area contributed by atoms with Crippen LogP contribution in [0.5, 0.6) is 0 Å². The van der Waals surface area contributed by atoms with E-state index < -0.39 is 5.60 Å². The van der Waals surface area contributed by atoms with Gasteiger partial charge in [0.1, 0.15) is 0 Å². The predicted molar refractivity (Wildman–Crippen MR) is 58.4 cm³/mol. The Morgan fingerprint density at radius 1 is 1.20 bits per heavy atom. The third-order valence-electron chi connectivity index (χ3n) is 3.57. The largest absolute Gasteiger partial charge is 0.388 e. The maximum atomic E-state index is 11.5. The molecule has 3 heteroatoms. The van der Waals surface area contributed by atoms with Gasteiger partial charge in [0.2, 0.25) is 5.91 Å². The van der Waals surface area contributed by atoms with Crippen LogP contribution in [0, 0.1) is 5.92 Å². The Balaban J connectivity index is 1.77. The number of carbonyl (C=O) groups excluding carboxylic acids is 1. The molecule has 2 aliphatic rings. The van der Waals surface area contributed by atoms with Crippen molar-refractivity contribution in [3.05, 3.63) is 0 Å². The molecule has 0 saturated heterocycles. The van der Waals surface area contributed by atoms with Gasteiger partial charge in [-0.2, -0.15) is 0 Å². The molecule has 0 aromatic carbocycles. The van der Waals surface area contributed by atoms with E-state index in [1.165, 1.54) is 12.8 Å².